The first-order valence-corrected chi connectivity index (χ1v) is 5.18. The van der Waals surface area contributed by atoms with Crippen LogP contribution in [0, 0.1) is 6.92 Å². The number of carboxylic acid groups (broad SMARTS) is 1. The van der Waals surface area contributed by atoms with Gasteiger partial charge in [-0.25, -0.2) is 4.98 Å². The van der Waals surface area contributed by atoms with E-state index < -0.39 is 5.97 Å². The van der Waals surface area contributed by atoms with Crippen molar-refractivity contribution in [3.05, 3.63) is 5.82 Å². The van der Waals surface area contributed by atoms with Crippen molar-refractivity contribution in [2.24, 2.45) is 0 Å². The molecular formula is C8H13N3O3S. The van der Waals surface area contributed by atoms with E-state index >= 15 is 0 Å². The molecular weight excluding hydrogens is 218 g/mol. The Morgan fingerprint density at radius 3 is 2.93 bits per heavy atom. The van der Waals surface area contributed by atoms with Crippen LogP contribution in [0.2, 0.25) is 0 Å². The molecule has 0 bridgehead atoms. The standard InChI is InChI=1S/C8H13N3O3S/c1-5-10-8(15-11-5)9-4-6(14-2)3-7(12)13/h6H,3-4H2,1-2H3,(H,12,13)(H,9,10,11). The van der Waals surface area contributed by atoms with Gasteiger partial charge in [0.2, 0.25) is 5.13 Å². The summed E-state index contributed by atoms with van der Waals surface area (Å²) in [6.45, 7) is 2.21. The van der Waals surface area contributed by atoms with Crippen molar-refractivity contribution in [1.82, 2.24) is 9.36 Å². The number of hydrogen-bond acceptors (Lipinski definition) is 6. The lowest BCUT2D eigenvalue weighted by molar-refractivity contribution is -0.139. The quantitative estimate of drug-likeness (QED) is 0.751. The highest BCUT2D eigenvalue weighted by molar-refractivity contribution is 7.09. The Labute approximate surface area is 91.5 Å². The molecule has 0 aliphatic carbocycles. The maximum atomic E-state index is 10.5. The molecule has 0 spiro atoms. The van der Waals surface area contributed by atoms with Crippen molar-refractivity contribution in [3.63, 3.8) is 0 Å². The summed E-state index contributed by atoms with van der Waals surface area (Å²) in [5, 5.41) is 12.2. The highest BCUT2D eigenvalue weighted by Gasteiger charge is 2.12. The van der Waals surface area contributed by atoms with E-state index in [9.17, 15) is 4.79 Å². The maximum Gasteiger partial charge on any atom is 0.306 e. The highest BCUT2D eigenvalue weighted by atomic mass is 32.1. The summed E-state index contributed by atoms with van der Waals surface area (Å²) in [6, 6.07) is 0. The van der Waals surface area contributed by atoms with Crippen molar-refractivity contribution < 1.29 is 14.6 Å². The van der Waals surface area contributed by atoms with Crippen LogP contribution in [0.5, 0.6) is 0 Å². The molecule has 84 valence electrons. The van der Waals surface area contributed by atoms with Gasteiger partial charge in [0, 0.05) is 25.2 Å². The fourth-order valence-corrected chi connectivity index (χ4v) is 1.58. The predicted octanol–water partition coefficient (Wildman–Crippen LogP) is 0.748. The molecule has 0 saturated heterocycles. The number of nitrogens with one attached hydrogen (secondary N) is 1. The Morgan fingerprint density at radius 2 is 2.47 bits per heavy atom. The summed E-state index contributed by atoms with van der Waals surface area (Å²) in [4.78, 5) is 14.5. The zero-order chi connectivity index (χ0) is 11.3. The first kappa shape index (κ1) is 11.9. The summed E-state index contributed by atoms with van der Waals surface area (Å²) < 4.78 is 9.00. The number of aliphatic carboxylic acids is 1. The third-order valence-corrected chi connectivity index (χ3v) is 2.51. The van der Waals surface area contributed by atoms with Crippen molar-refractivity contribution in [2.75, 3.05) is 19.0 Å². The SMILES string of the molecule is COC(CNc1nc(C)ns1)CC(=O)O. The number of hydrogen-bond donors (Lipinski definition) is 2. The van der Waals surface area contributed by atoms with Gasteiger partial charge in [-0.1, -0.05) is 0 Å². The molecule has 0 saturated carbocycles. The smallest absolute Gasteiger partial charge is 0.306 e. The Kier molecular flexibility index (Phi) is 4.44. The zero-order valence-corrected chi connectivity index (χ0v) is 9.37. The van der Waals surface area contributed by atoms with Gasteiger partial charge < -0.3 is 15.2 Å². The second-order valence-electron chi connectivity index (χ2n) is 2.98. The normalized spacial score (nSPS) is 12.4. The second kappa shape index (κ2) is 5.62. The van der Waals surface area contributed by atoms with Crippen molar-refractivity contribution in [3.8, 4) is 0 Å². The van der Waals surface area contributed by atoms with Gasteiger partial charge in [0.15, 0.2) is 0 Å². The third kappa shape index (κ3) is 4.22. The molecule has 1 atom stereocenters. The van der Waals surface area contributed by atoms with E-state index in [4.69, 9.17) is 9.84 Å². The molecule has 6 nitrogen and oxygen atoms in total. The Morgan fingerprint density at radius 1 is 1.73 bits per heavy atom. The Hall–Kier alpha value is -1.21. The van der Waals surface area contributed by atoms with Crippen molar-refractivity contribution >= 4 is 22.6 Å². The monoisotopic (exact) mass is 231 g/mol. The Balaban J connectivity index is 2.37. The van der Waals surface area contributed by atoms with E-state index in [2.05, 4.69) is 14.7 Å². The molecule has 2 N–H and O–H groups in total. The van der Waals surface area contributed by atoms with Gasteiger partial charge in [0.1, 0.15) is 5.82 Å². The summed E-state index contributed by atoms with van der Waals surface area (Å²) in [5.41, 5.74) is 0. The number of carbonyl (C=O) groups is 1. The van der Waals surface area contributed by atoms with Gasteiger partial charge in [-0.15, -0.1) is 0 Å². The molecule has 1 heterocycles. The van der Waals surface area contributed by atoms with Crippen LogP contribution in [0.25, 0.3) is 0 Å². The van der Waals surface area contributed by atoms with E-state index in [1.165, 1.54) is 18.6 Å². The highest BCUT2D eigenvalue weighted by Crippen LogP contribution is 2.10. The number of ether oxygens (including phenoxy) is 1. The molecule has 0 fully saturated rings. The van der Waals surface area contributed by atoms with E-state index in [1.807, 2.05) is 0 Å². The third-order valence-electron chi connectivity index (χ3n) is 1.74. The topological polar surface area (TPSA) is 84.3 Å². The van der Waals surface area contributed by atoms with Gasteiger partial charge in [0.25, 0.3) is 0 Å². The Bertz CT molecular complexity index is 329. The molecule has 0 aliphatic heterocycles. The number of aryl methyl sites for hydroxylation is 1. The number of rotatable bonds is 6. The fourth-order valence-electron chi connectivity index (χ4n) is 1.00. The van der Waals surface area contributed by atoms with Gasteiger partial charge in [-0.3, -0.25) is 4.79 Å². The van der Waals surface area contributed by atoms with E-state index in [0.717, 1.165) is 0 Å². The van der Waals surface area contributed by atoms with Crippen molar-refractivity contribution in [2.45, 2.75) is 19.4 Å². The zero-order valence-electron chi connectivity index (χ0n) is 8.56. The summed E-state index contributed by atoms with van der Waals surface area (Å²) in [5.74, 6) is -0.174. The fraction of sp³-hybridized carbons (Fsp3) is 0.625. The van der Waals surface area contributed by atoms with Gasteiger partial charge in [0.05, 0.1) is 12.5 Å². The summed E-state index contributed by atoms with van der Waals surface area (Å²) in [6.07, 6.45) is -0.381. The first-order chi connectivity index (χ1) is 7.11. The molecule has 1 aromatic heterocycles. The van der Waals surface area contributed by atoms with Crippen LogP contribution in [0.1, 0.15) is 12.2 Å². The lowest BCUT2D eigenvalue weighted by Gasteiger charge is -2.12. The second-order valence-corrected chi connectivity index (χ2v) is 3.74. The largest absolute Gasteiger partial charge is 0.481 e. The van der Waals surface area contributed by atoms with Crippen molar-refractivity contribution in [1.29, 1.82) is 0 Å². The number of anilines is 1. The average Bonchev–Trinajstić information content (AvgIpc) is 2.58. The molecule has 1 rings (SSSR count). The van der Waals surface area contributed by atoms with Crippen LogP contribution >= 0.6 is 11.5 Å². The van der Waals surface area contributed by atoms with Gasteiger partial charge in [-0.05, 0) is 6.92 Å². The number of carboxylic acids is 1. The summed E-state index contributed by atoms with van der Waals surface area (Å²) in [7, 11) is 1.49. The molecule has 0 aliphatic rings. The minimum atomic E-state index is -0.878. The van der Waals surface area contributed by atoms with Crippen LogP contribution in [0.4, 0.5) is 5.13 Å². The first-order valence-electron chi connectivity index (χ1n) is 4.40. The van der Waals surface area contributed by atoms with Crippen LogP contribution < -0.4 is 5.32 Å². The van der Waals surface area contributed by atoms with Gasteiger partial charge >= 0.3 is 5.97 Å². The van der Waals surface area contributed by atoms with Crippen LogP contribution in [0.15, 0.2) is 0 Å². The van der Waals surface area contributed by atoms with E-state index in [-0.39, 0.29) is 12.5 Å². The van der Waals surface area contributed by atoms with Crippen LogP contribution in [0.3, 0.4) is 0 Å². The van der Waals surface area contributed by atoms with E-state index in [0.29, 0.717) is 17.5 Å². The molecule has 15 heavy (non-hydrogen) atoms. The summed E-state index contributed by atoms with van der Waals surface area (Å²) >= 11 is 1.25. The molecule has 1 aromatic rings. The van der Waals surface area contributed by atoms with Gasteiger partial charge in [-0.2, -0.15) is 4.37 Å². The minimum Gasteiger partial charge on any atom is -0.481 e. The molecule has 1 unspecified atom stereocenters. The lowest BCUT2D eigenvalue weighted by Crippen LogP contribution is -2.24. The predicted molar refractivity (Wildman–Crippen MR) is 56.2 cm³/mol. The average molecular weight is 231 g/mol. The molecule has 0 radical (unpaired) electrons. The van der Waals surface area contributed by atoms with Crippen LogP contribution in [-0.4, -0.2) is 40.2 Å². The minimum absolute atomic E-state index is 0.0265. The molecule has 0 amide bonds. The number of nitrogens with zero attached hydrogens (tertiary/aromatic N) is 2. The maximum absolute atomic E-state index is 10.5. The number of aromatic nitrogens is 2. The molecule has 7 heteroatoms. The molecule has 0 aromatic carbocycles. The number of methoxy groups -OCH3 is 1. The van der Waals surface area contributed by atoms with E-state index in [1.54, 1.807) is 6.92 Å². The lowest BCUT2D eigenvalue weighted by atomic mass is 10.2. The van der Waals surface area contributed by atoms with Crippen LogP contribution in [-0.2, 0) is 9.53 Å².